The van der Waals surface area contributed by atoms with Crippen LogP contribution < -0.4 is 14.9 Å². The van der Waals surface area contributed by atoms with Gasteiger partial charge in [-0.05, 0) is 47.9 Å². The quantitative estimate of drug-likeness (QED) is 0.623. The second kappa shape index (κ2) is 7.44. The number of carbonyl (C=O) groups is 2. The molecule has 2 heterocycles. The number of primary sulfonamides is 1. The van der Waals surface area contributed by atoms with Crippen molar-refractivity contribution in [3.8, 4) is 0 Å². The summed E-state index contributed by atoms with van der Waals surface area (Å²) in [7, 11) is -3.89. The average Bonchev–Trinajstić information content (AvgIpc) is 3.32. The standard InChI is InChI=1S/C24H19N3O4S/c25-32(30,31)19-12-10-18(11-13-19)27-23(28)21(17-7-2-1-3-8-17)22(24(27)29)26-15-14-16-6-4-5-9-20(16)26/h1-13H,14-15H2,(H2,25,30,31). The molecule has 0 spiro atoms. The third-order valence-corrected chi connectivity index (χ3v) is 6.63. The van der Waals surface area contributed by atoms with Crippen molar-refractivity contribution in [3.63, 3.8) is 0 Å². The van der Waals surface area contributed by atoms with E-state index in [-0.39, 0.29) is 10.6 Å². The van der Waals surface area contributed by atoms with Crippen LogP contribution in [-0.4, -0.2) is 26.8 Å². The second-order valence-corrected chi connectivity index (χ2v) is 9.17. The van der Waals surface area contributed by atoms with Crippen LogP contribution >= 0.6 is 0 Å². The maximum absolute atomic E-state index is 13.6. The van der Waals surface area contributed by atoms with E-state index in [0.29, 0.717) is 23.4 Å². The number of imide groups is 1. The van der Waals surface area contributed by atoms with E-state index >= 15 is 0 Å². The monoisotopic (exact) mass is 445 g/mol. The second-order valence-electron chi connectivity index (χ2n) is 7.60. The molecule has 0 bridgehead atoms. The molecule has 2 aliphatic rings. The lowest BCUT2D eigenvalue weighted by Crippen LogP contribution is -2.34. The average molecular weight is 446 g/mol. The predicted octanol–water partition coefficient (Wildman–Crippen LogP) is 2.68. The first-order valence-corrected chi connectivity index (χ1v) is 11.6. The number of nitrogens with two attached hydrogens (primary N) is 1. The van der Waals surface area contributed by atoms with Crippen molar-refractivity contribution in [1.29, 1.82) is 0 Å². The van der Waals surface area contributed by atoms with Crippen LogP contribution in [-0.2, 0) is 26.0 Å². The van der Waals surface area contributed by atoms with Crippen LogP contribution in [0.5, 0.6) is 0 Å². The zero-order valence-corrected chi connectivity index (χ0v) is 17.7. The number of carbonyl (C=O) groups excluding carboxylic acids is 2. The highest BCUT2D eigenvalue weighted by Crippen LogP contribution is 2.40. The third-order valence-electron chi connectivity index (χ3n) is 5.70. The zero-order chi connectivity index (χ0) is 22.5. The number of hydrogen-bond donors (Lipinski definition) is 1. The van der Waals surface area contributed by atoms with Crippen LogP contribution in [0.15, 0.2) is 89.5 Å². The summed E-state index contributed by atoms with van der Waals surface area (Å²) in [6.07, 6.45) is 0.770. The number of anilines is 2. The van der Waals surface area contributed by atoms with Gasteiger partial charge in [-0.25, -0.2) is 18.5 Å². The van der Waals surface area contributed by atoms with Gasteiger partial charge in [0.05, 0.1) is 16.2 Å². The van der Waals surface area contributed by atoms with E-state index < -0.39 is 21.8 Å². The van der Waals surface area contributed by atoms with Crippen LogP contribution in [0.3, 0.4) is 0 Å². The number of para-hydroxylation sites is 1. The molecule has 0 atom stereocenters. The number of fused-ring (bicyclic) bond motifs is 1. The molecule has 2 N–H and O–H groups in total. The molecule has 160 valence electrons. The molecular formula is C24H19N3O4S. The summed E-state index contributed by atoms with van der Waals surface area (Å²) in [5, 5.41) is 5.17. The fourth-order valence-electron chi connectivity index (χ4n) is 4.22. The maximum Gasteiger partial charge on any atom is 0.282 e. The summed E-state index contributed by atoms with van der Waals surface area (Å²) >= 11 is 0. The number of amides is 2. The normalized spacial score (nSPS) is 16.2. The molecule has 2 amide bonds. The number of sulfonamides is 1. The summed E-state index contributed by atoms with van der Waals surface area (Å²) in [6.45, 7) is 0.586. The molecule has 32 heavy (non-hydrogen) atoms. The van der Waals surface area contributed by atoms with Crippen LogP contribution in [0.1, 0.15) is 11.1 Å². The third kappa shape index (κ3) is 3.21. The van der Waals surface area contributed by atoms with Crippen molar-refractivity contribution in [1.82, 2.24) is 0 Å². The van der Waals surface area contributed by atoms with Crippen LogP contribution in [0.25, 0.3) is 5.57 Å². The molecule has 8 heteroatoms. The molecule has 0 radical (unpaired) electrons. The molecule has 2 aliphatic heterocycles. The summed E-state index contributed by atoms with van der Waals surface area (Å²) in [5.41, 5.74) is 3.59. The number of nitrogens with zero attached hydrogens (tertiary/aromatic N) is 2. The fraction of sp³-hybridized carbons (Fsp3) is 0.0833. The number of rotatable bonds is 4. The zero-order valence-electron chi connectivity index (χ0n) is 16.9. The summed E-state index contributed by atoms with van der Waals surface area (Å²) < 4.78 is 23.2. The van der Waals surface area contributed by atoms with E-state index in [9.17, 15) is 18.0 Å². The van der Waals surface area contributed by atoms with Gasteiger partial charge in [-0.1, -0.05) is 48.5 Å². The highest BCUT2D eigenvalue weighted by Gasteiger charge is 2.44. The van der Waals surface area contributed by atoms with E-state index in [1.165, 1.54) is 24.3 Å². The lowest BCUT2D eigenvalue weighted by atomic mass is 10.0. The fourth-order valence-corrected chi connectivity index (χ4v) is 4.74. The van der Waals surface area contributed by atoms with Gasteiger partial charge in [0.25, 0.3) is 11.8 Å². The molecule has 0 saturated carbocycles. The molecule has 0 unspecified atom stereocenters. The molecule has 0 aliphatic carbocycles. The van der Waals surface area contributed by atoms with Crippen LogP contribution in [0.4, 0.5) is 11.4 Å². The van der Waals surface area contributed by atoms with E-state index in [0.717, 1.165) is 22.6 Å². The topological polar surface area (TPSA) is 101 Å². The molecule has 7 nitrogen and oxygen atoms in total. The minimum absolute atomic E-state index is 0.0923. The van der Waals surface area contributed by atoms with Crippen molar-refractivity contribution in [2.75, 3.05) is 16.3 Å². The number of benzene rings is 3. The molecule has 5 rings (SSSR count). The lowest BCUT2D eigenvalue weighted by molar-refractivity contribution is -0.120. The van der Waals surface area contributed by atoms with Gasteiger partial charge in [-0.3, -0.25) is 9.59 Å². The van der Waals surface area contributed by atoms with Gasteiger partial charge in [0, 0.05) is 12.2 Å². The Morgan fingerprint density at radius 2 is 1.44 bits per heavy atom. The highest BCUT2D eigenvalue weighted by molar-refractivity contribution is 7.89. The van der Waals surface area contributed by atoms with E-state index in [1.807, 2.05) is 47.4 Å². The minimum Gasteiger partial charge on any atom is -0.336 e. The molecule has 3 aromatic rings. The predicted molar refractivity (Wildman–Crippen MR) is 121 cm³/mol. The van der Waals surface area contributed by atoms with Crippen LogP contribution in [0, 0.1) is 0 Å². The van der Waals surface area contributed by atoms with Crippen molar-refractivity contribution in [2.24, 2.45) is 5.14 Å². The Labute approximate surface area is 185 Å². The summed E-state index contributed by atoms with van der Waals surface area (Å²) in [4.78, 5) is 30.1. The van der Waals surface area contributed by atoms with Gasteiger partial charge in [-0.2, -0.15) is 0 Å². The van der Waals surface area contributed by atoms with Crippen molar-refractivity contribution in [3.05, 3.63) is 95.7 Å². The lowest BCUT2D eigenvalue weighted by Gasteiger charge is -2.22. The molecule has 3 aromatic carbocycles. The van der Waals surface area contributed by atoms with Gasteiger partial charge in [0.2, 0.25) is 10.0 Å². The Morgan fingerprint density at radius 1 is 0.781 bits per heavy atom. The minimum atomic E-state index is -3.89. The molecular weight excluding hydrogens is 426 g/mol. The Bertz CT molecular complexity index is 1380. The van der Waals surface area contributed by atoms with Crippen molar-refractivity contribution in [2.45, 2.75) is 11.3 Å². The molecule has 0 aromatic heterocycles. The Balaban J connectivity index is 1.64. The number of hydrogen-bond acceptors (Lipinski definition) is 5. The molecule has 0 saturated heterocycles. The smallest absolute Gasteiger partial charge is 0.282 e. The first-order valence-electron chi connectivity index (χ1n) is 10.0. The highest BCUT2D eigenvalue weighted by atomic mass is 32.2. The summed E-state index contributed by atoms with van der Waals surface area (Å²) in [6, 6.07) is 22.3. The van der Waals surface area contributed by atoms with E-state index in [4.69, 9.17) is 5.14 Å². The van der Waals surface area contributed by atoms with Crippen molar-refractivity contribution >= 4 is 38.8 Å². The van der Waals surface area contributed by atoms with Crippen molar-refractivity contribution < 1.29 is 18.0 Å². The first-order chi connectivity index (χ1) is 15.4. The van der Waals surface area contributed by atoms with E-state index in [1.54, 1.807) is 12.1 Å². The van der Waals surface area contributed by atoms with Gasteiger partial charge < -0.3 is 4.90 Å². The van der Waals surface area contributed by atoms with Gasteiger partial charge in [-0.15, -0.1) is 0 Å². The Morgan fingerprint density at radius 3 is 2.12 bits per heavy atom. The van der Waals surface area contributed by atoms with E-state index in [2.05, 4.69) is 0 Å². The summed E-state index contributed by atoms with van der Waals surface area (Å²) in [5.74, 6) is -0.905. The Kier molecular flexibility index (Phi) is 4.69. The Hall–Kier alpha value is -3.75. The van der Waals surface area contributed by atoms with Crippen LogP contribution in [0.2, 0.25) is 0 Å². The first kappa shape index (κ1) is 20.2. The SMILES string of the molecule is NS(=O)(=O)c1ccc(N2C(=O)C(c3ccccc3)=C(N3CCc4ccccc43)C2=O)cc1. The van der Waals surface area contributed by atoms with Gasteiger partial charge in [0.1, 0.15) is 5.70 Å². The largest absolute Gasteiger partial charge is 0.336 e. The maximum atomic E-state index is 13.6. The van der Waals surface area contributed by atoms with Gasteiger partial charge >= 0.3 is 0 Å². The molecule has 0 fully saturated rings. The van der Waals surface area contributed by atoms with Gasteiger partial charge in [0.15, 0.2) is 0 Å².